The van der Waals surface area contributed by atoms with Gasteiger partial charge in [-0.1, -0.05) is 19.3 Å². The van der Waals surface area contributed by atoms with E-state index in [4.69, 9.17) is 0 Å². The molecule has 1 aliphatic carbocycles. The van der Waals surface area contributed by atoms with Crippen molar-refractivity contribution in [2.24, 2.45) is 0 Å². The molecule has 0 aromatic rings. The maximum absolute atomic E-state index is 13.0. The van der Waals surface area contributed by atoms with E-state index in [-0.39, 0.29) is 24.4 Å². The molecule has 0 bridgehead atoms. The Morgan fingerprint density at radius 3 is 2.57 bits per heavy atom. The summed E-state index contributed by atoms with van der Waals surface area (Å²) < 4.78 is 0. The molecule has 2 unspecified atom stereocenters. The molecule has 0 aromatic heterocycles. The lowest BCUT2D eigenvalue weighted by Gasteiger charge is -2.45. The Morgan fingerprint density at radius 2 is 1.76 bits per heavy atom. The number of nitrogens with zero attached hydrogens (tertiary/aromatic N) is 2. The number of carbonyl (C=O) groups is 2. The second-order valence-electron chi connectivity index (χ2n) is 7.23. The summed E-state index contributed by atoms with van der Waals surface area (Å²) in [6.45, 7) is 2.53. The molecular weight excluding hydrogens is 266 g/mol. The summed E-state index contributed by atoms with van der Waals surface area (Å²) in [6, 6.07) is 0.758. The molecule has 1 saturated carbocycles. The Balaban J connectivity index is 1.58. The summed E-state index contributed by atoms with van der Waals surface area (Å²) in [5, 5.41) is 3.02. The van der Waals surface area contributed by atoms with E-state index in [1.807, 2.05) is 4.90 Å². The highest BCUT2D eigenvalue weighted by molar-refractivity contribution is 5.98. The average Bonchev–Trinajstić information content (AvgIpc) is 3.10. The van der Waals surface area contributed by atoms with Crippen LogP contribution >= 0.6 is 0 Å². The van der Waals surface area contributed by atoms with Gasteiger partial charge in [-0.05, 0) is 38.6 Å². The molecule has 5 nitrogen and oxygen atoms in total. The molecule has 4 aliphatic rings. The van der Waals surface area contributed by atoms with Gasteiger partial charge in [0, 0.05) is 18.6 Å². The highest BCUT2D eigenvalue weighted by atomic mass is 16.2. The third kappa shape index (κ3) is 2.08. The van der Waals surface area contributed by atoms with Crippen LogP contribution in [0.15, 0.2) is 0 Å². The van der Waals surface area contributed by atoms with E-state index in [1.54, 1.807) is 0 Å². The van der Waals surface area contributed by atoms with Crippen LogP contribution in [0.2, 0.25) is 0 Å². The summed E-state index contributed by atoms with van der Waals surface area (Å²) in [5.41, 5.74) is -0.558. The molecule has 4 fully saturated rings. The van der Waals surface area contributed by atoms with E-state index in [0.29, 0.717) is 6.04 Å². The number of rotatable bonds is 1. The number of carbonyl (C=O) groups excluding carboxylic acids is 2. The lowest BCUT2D eigenvalue weighted by Crippen LogP contribution is -2.68. The Morgan fingerprint density at radius 1 is 0.952 bits per heavy atom. The van der Waals surface area contributed by atoms with E-state index in [0.717, 1.165) is 38.6 Å². The van der Waals surface area contributed by atoms with Crippen LogP contribution in [0.4, 0.5) is 0 Å². The molecule has 0 radical (unpaired) electrons. The Kier molecular flexibility index (Phi) is 3.21. The molecular formula is C16H25N3O2. The maximum atomic E-state index is 13.0. The predicted molar refractivity (Wildman–Crippen MR) is 78.7 cm³/mol. The van der Waals surface area contributed by atoms with Gasteiger partial charge in [0.25, 0.3) is 0 Å². The third-order valence-corrected chi connectivity index (χ3v) is 6.04. The van der Waals surface area contributed by atoms with Gasteiger partial charge in [0.1, 0.15) is 5.54 Å². The first-order valence-corrected chi connectivity index (χ1v) is 8.56. The maximum Gasteiger partial charge on any atom is 0.249 e. The van der Waals surface area contributed by atoms with Gasteiger partial charge in [-0.15, -0.1) is 0 Å². The number of piperidine rings is 1. The number of hydrogen-bond donors (Lipinski definition) is 1. The zero-order chi connectivity index (χ0) is 14.4. The van der Waals surface area contributed by atoms with Gasteiger partial charge in [0.2, 0.25) is 11.8 Å². The van der Waals surface area contributed by atoms with Gasteiger partial charge in [-0.25, -0.2) is 0 Å². The second kappa shape index (κ2) is 4.97. The molecule has 3 heterocycles. The zero-order valence-electron chi connectivity index (χ0n) is 12.6. The summed E-state index contributed by atoms with van der Waals surface area (Å²) in [5.74, 6) is 0.253. The van der Waals surface area contributed by atoms with Crippen molar-refractivity contribution >= 4 is 11.8 Å². The van der Waals surface area contributed by atoms with Crippen molar-refractivity contribution in [1.29, 1.82) is 0 Å². The van der Waals surface area contributed by atoms with E-state index in [9.17, 15) is 9.59 Å². The Hall–Kier alpha value is -1.10. The monoisotopic (exact) mass is 291 g/mol. The predicted octanol–water partition coefficient (Wildman–Crippen LogP) is 0.884. The molecule has 4 rings (SSSR count). The van der Waals surface area contributed by atoms with E-state index < -0.39 is 5.54 Å². The fourth-order valence-electron chi connectivity index (χ4n) is 5.03. The molecule has 5 heteroatoms. The van der Waals surface area contributed by atoms with Crippen LogP contribution < -0.4 is 5.32 Å². The first kappa shape index (κ1) is 13.6. The fraction of sp³-hybridized carbons (Fsp3) is 0.875. The zero-order valence-corrected chi connectivity index (χ0v) is 12.6. The van der Waals surface area contributed by atoms with Crippen molar-refractivity contribution in [2.45, 2.75) is 69.0 Å². The normalized spacial score (nSPS) is 36.1. The highest BCUT2D eigenvalue weighted by Crippen LogP contribution is 2.37. The van der Waals surface area contributed by atoms with Crippen molar-refractivity contribution < 1.29 is 9.59 Å². The molecule has 3 saturated heterocycles. The summed E-state index contributed by atoms with van der Waals surface area (Å²) in [4.78, 5) is 29.7. The summed E-state index contributed by atoms with van der Waals surface area (Å²) in [6.07, 6.45) is 8.53. The standard InChI is InChI=1S/C16H25N3O2/c20-14-11-19(15(21)16(17-14)7-2-3-8-16)13-6-10-18-9-4-1-5-12(13)18/h12-13H,1-11H2,(H,17,20). The SMILES string of the molecule is O=C1CN(C2CCN3CCCCC23)C(=O)C2(CCCC2)N1. The smallest absolute Gasteiger partial charge is 0.249 e. The second-order valence-corrected chi connectivity index (χ2v) is 7.23. The molecule has 0 aromatic carbocycles. The number of hydrogen-bond acceptors (Lipinski definition) is 3. The van der Waals surface area contributed by atoms with Crippen molar-refractivity contribution in [2.75, 3.05) is 19.6 Å². The first-order valence-electron chi connectivity index (χ1n) is 8.56. The minimum atomic E-state index is -0.558. The molecule has 2 atom stereocenters. The number of amides is 2. The topological polar surface area (TPSA) is 52.7 Å². The van der Waals surface area contributed by atoms with Crippen molar-refractivity contribution in [3.8, 4) is 0 Å². The van der Waals surface area contributed by atoms with Crippen molar-refractivity contribution in [3.05, 3.63) is 0 Å². The summed E-state index contributed by atoms with van der Waals surface area (Å²) in [7, 11) is 0. The molecule has 2 amide bonds. The Labute approximate surface area is 126 Å². The summed E-state index contributed by atoms with van der Waals surface area (Å²) >= 11 is 0. The van der Waals surface area contributed by atoms with Crippen LogP contribution in [-0.2, 0) is 9.59 Å². The number of fused-ring (bicyclic) bond motifs is 1. The lowest BCUT2D eigenvalue weighted by molar-refractivity contribution is -0.152. The highest BCUT2D eigenvalue weighted by Gasteiger charge is 2.52. The van der Waals surface area contributed by atoms with Gasteiger partial charge in [0.05, 0.1) is 6.54 Å². The minimum absolute atomic E-state index is 0.0470. The van der Waals surface area contributed by atoms with E-state index in [1.165, 1.54) is 25.8 Å². The van der Waals surface area contributed by atoms with Gasteiger partial charge < -0.3 is 10.2 Å². The van der Waals surface area contributed by atoms with Gasteiger partial charge in [0.15, 0.2) is 0 Å². The molecule has 21 heavy (non-hydrogen) atoms. The third-order valence-electron chi connectivity index (χ3n) is 6.04. The fourth-order valence-corrected chi connectivity index (χ4v) is 5.03. The van der Waals surface area contributed by atoms with Crippen LogP contribution in [0.5, 0.6) is 0 Å². The molecule has 3 aliphatic heterocycles. The van der Waals surface area contributed by atoms with Crippen LogP contribution in [0.1, 0.15) is 51.4 Å². The quantitative estimate of drug-likeness (QED) is 0.780. The van der Waals surface area contributed by atoms with Gasteiger partial charge in [-0.3, -0.25) is 14.5 Å². The number of nitrogens with one attached hydrogen (secondary N) is 1. The van der Waals surface area contributed by atoms with Crippen LogP contribution in [-0.4, -0.2) is 58.9 Å². The number of piperazine rings is 1. The van der Waals surface area contributed by atoms with Crippen LogP contribution in [0.25, 0.3) is 0 Å². The molecule has 116 valence electrons. The van der Waals surface area contributed by atoms with Crippen LogP contribution in [0, 0.1) is 0 Å². The molecule has 1 spiro atoms. The van der Waals surface area contributed by atoms with E-state index >= 15 is 0 Å². The lowest BCUT2D eigenvalue weighted by atomic mass is 9.90. The van der Waals surface area contributed by atoms with Gasteiger partial charge >= 0.3 is 0 Å². The Bertz CT molecular complexity index is 458. The molecule has 1 N–H and O–H groups in total. The first-order chi connectivity index (χ1) is 10.2. The average molecular weight is 291 g/mol. The van der Waals surface area contributed by atoms with E-state index in [2.05, 4.69) is 10.2 Å². The minimum Gasteiger partial charge on any atom is -0.340 e. The van der Waals surface area contributed by atoms with Crippen LogP contribution in [0.3, 0.4) is 0 Å². The van der Waals surface area contributed by atoms with Crippen molar-refractivity contribution in [1.82, 2.24) is 15.1 Å². The van der Waals surface area contributed by atoms with Gasteiger partial charge in [-0.2, -0.15) is 0 Å². The van der Waals surface area contributed by atoms with Crippen molar-refractivity contribution in [3.63, 3.8) is 0 Å². The largest absolute Gasteiger partial charge is 0.340 e.